The molecule has 2 aromatic heterocycles. The second kappa shape index (κ2) is 9.17. The van der Waals surface area contributed by atoms with Gasteiger partial charge in [0, 0.05) is 31.1 Å². The molecular formula is C23H21N5O4. The molecule has 9 nitrogen and oxygen atoms in total. The Morgan fingerprint density at radius 3 is 2.56 bits per heavy atom. The van der Waals surface area contributed by atoms with E-state index < -0.39 is 0 Å². The molecule has 0 bridgehead atoms. The lowest BCUT2D eigenvalue weighted by Gasteiger charge is -2.06. The van der Waals surface area contributed by atoms with Crippen molar-refractivity contribution in [1.82, 2.24) is 20.3 Å². The average Bonchev–Trinajstić information content (AvgIpc) is 3.21. The number of esters is 1. The Hall–Kier alpha value is -4.40. The van der Waals surface area contributed by atoms with Crippen LogP contribution in [0.25, 0.3) is 11.0 Å². The van der Waals surface area contributed by atoms with Gasteiger partial charge in [0.2, 0.25) is 5.95 Å². The highest BCUT2D eigenvalue weighted by molar-refractivity contribution is 5.92. The summed E-state index contributed by atoms with van der Waals surface area (Å²) >= 11 is 0. The lowest BCUT2D eigenvalue weighted by molar-refractivity contribution is 0.0526. The number of benzene rings is 2. The molecule has 3 N–H and O–H groups in total. The van der Waals surface area contributed by atoms with Crippen LogP contribution in [0.1, 0.15) is 27.8 Å². The Bertz CT molecular complexity index is 1270. The molecule has 0 saturated carbocycles. The summed E-state index contributed by atoms with van der Waals surface area (Å²) in [6, 6.07) is 15.6. The van der Waals surface area contributed by atoms with Gasteiger partial charge in [-0.25, -0.2) is 9.78 Å². The minimum atomic E-state index is -0.355. The van der Waals surface area contributed by atoms with Gasteiger partial charge in [-0.3, -0.25) is 9.78 Å². The first-order valence-corrected chi connectivity index (χ1v) is 9.95. The molecule has 4 rings (SSSR count). The van der Waals surface area contributed by atoms with E-state index in [9.17, 15) is 9.59 Å². The summed E-state index contributed by atoms with van der Waals surface area (Å²) in [5.41, 5.74) is 3.05. The van der Waals surface area contributed by atoms with E-state index in [0.29, 0.717) is 29.6 Å². The maximum atomic E-state index is 11.8. The summed E-state index contributed by atoms with van der Waals surface area (Å²) in [5, 5.41) is 5.71. The number of hydrogen-bond donors (Lipinski definition) is 3. The molecule has 1 amide bonds. The summed E-state index contributed by atoms with van der Waals surface area (Å²) in [7, 11) is 1.55. The smallest absolute Gasteiger partial charge is 0.338 e. The number of amides is 1. The van der Waals surface area contributed by atoms with Crippen molar-refractivity contribution in [1.29, 1.82) is 0 Å². The van der Waals surface area contributed by atoms with Gasteiger partial charge in [0.15, 0.2) is 0 Å². The number of nitrogens with one attached hydrogen (secondary N) is 3. The van der Waals surface area contributed by atoms with Gasteiger partial charge in [0.1, 0.15) is 17.2 Å². The molecule has 162 valence electrons. The molecule has 0 aliphatic carbocycles. The van der Waals surface area contributed by atoms with Crippen molar-refractivity contribution in [3.63, 3.8) is 0 Å². The van der Waals surface area contributed by atoms with Crippen LogP contribution in [0.3, 0.4) is 0 Å². The van der Waals surface area contributed by atoms with E-state index in [2.05, 4.69) is 25.6 Å². The molecule has 0 fully saturated rings. The van der Waals surface area contributed by atoms with Gasteiger partial charge in [0.25, 0.3) is 5.91 Å². The number of nitrogens with zero attached hydrogens (tertiary/aromatic N) is 2. The third-order valence-corrected chi connectivity index (χ3v) is 4.54. The molecule has 9 heteroatoms. The minimum Gasteiger partial charge on any atom is -0.462 e. The Kier molecular flexibility index (Phi) is 5.98. The van der Waals surface area contributed by atoms with Gasteiger partial charge >= 0.3 is 5.97 Å². The standard InChI is InChI=1S/C23H21N5O4/c1-3-31-22(30)14-4-6-15(7-5-14)26-23-27-18-9-8-16(12-19(18)28-23)32-17-10-11-25-20(13-17)21(29)24-2/h4-13H,3H2,1-2H3,(H,24,29)(H2,26,27,28). The molecule has 0 radical (unpaired) electrons. The lowest BCUT2D eigenvalue weighted by Crippen LogP contribution is -2.18. The maximum Gasteiger partial charge on any atom is 0.338 e. The van der Waals surface area contributed by atoms with E-state index in [-0.39, 0.29) is 17.6 Å². The average molecular weight is 431 g/mol. The van der Waals surface area contributed by atoms with E-state index in [1.807, 2.05) is 12.1 Å². The molecule has 0 saturated heterocycles. The number of ether oxygens (including phenoxy) is 2. The molecular weight excluding hydrogens is 410 g/mol. The molecule has 4 aromatic rings. The predicted octanol–water partition coefficient (Wildman–Crippen LogP) is 4.03. The van der Waals surface area contributed by atoms with Crippen LogP contribution in [-0.4, -0.2) is 40.5 Å². The Labute approximate surface area is 183 Å². The number of imidazole rings is 1. The molecule has 0 unspecified atom stereocenters. The summed E-state index contributed by atoms with van der Waals surface area (Å²) in [4.78, 5) is 35.3. The van der Waals surface area contributed by atoms with Crippen molar-refractivity contribution in [3.05, 3.63) is 72.1 Å². The predicted molar refractivity (Wildman–Crippen MR) is 119 cm³/mol. The molecule has 0 aliphatic heterocycles. The normalized spacial score (nSPS) is 10.6. The summed E-state index contributed by atoms with van der Waals surface area (Å²) in [5.74, 6) is 0.988. The fourth-order valence-electron chi connectivity index (χ4n) is 3.02. The van der Waals surface area contributed by atoms with Crippen molar-refractivity contribution >= 4 is 34.5 Å². The quantitative estimate of drug-likeness (QED) is 0.378. The fourth-order valence-corrected chi connectivity index (χ4v) is 3.02. The van der Waals surface area contributed by atoms with Gasteiger partial charge < -0.3 is 25.1 Å². The molecule has 0 atom stereocenters. The van der Waals surface area contributed by atoms with Crippen LogP contribution >= 0.6 is 0 Å². The number of aromatic nitrogens is 3. The maximum absolute atomic E-state index is 11.8. The number of carbonyl (C=O) groups excluding carboxylic acids is 2. The monoisotopic (exact) mass is 431 g/mol. The van der Waals surface area contributed by atoms with Crippen LogP contribution in [0.4, 0.5) is 11.6 Å². The van der Waals surface area contributed by atoms with Crippen molar-refractivity contribution in [2.24, 2.45) is 0 Å². The first-order valence-electron chi connectivity index (χ1n) is 9.95. The highest BCUT2D eigenvalue weighted by atomic mass is 16.5. The van der Waals surface area contributed by atoms with Crippen LogP contribution in [0, 0.1) is 0 Å². The van der Waals surface area contributed by atoms with Crippen molar-refractivity contribution in [2.75, 3.05) is 19.0 Å². The van der Waals surface area contributed by atoms with Crippen LogP contribution in [-0.2, 0) is 4.74 Å². The van der Waals surface area contributed by atoms with Crippen molar-refractivity contribution < 1.29 is 19.1 Å². The first-order chi connectivity index (χ1) is 15.6. The Morgan fingerprint density at radius 1 is 1.03 bits per heavy atom. The zero-order valence-corrected chi connectivity index (χ0v) is 17.5. The highest BCUT2D eigenvalue weighted by Gasteiger charge is 2.10. The molecule has 0 aliphatic rings. The second-order valence-electron chi connectivity index (χ2n) is 6.75. The molecule has 32 heavy (non-hydrogen) atoms. The summed E-state index contributed by atoms with van der Waals surface area (Å²) < 4.78 is 10.9. The fraction of sp³-hybridized carbons (Fsp3) is 0.130. The third kappa shape index (κ3) is 4.67. The van der Waals surface area contributed by atoms with E-state index in [1.165, 1.54) is 6.20 Å². The first kappa shape index (κ1) is 20.9. The van der Waals surface area contributed by atoms with Crippen LogP contribution in [0.15, 0.2) is 60.8 Å². The van der Waals surface area contributed by atoms with E-state index in [4.69, 9.17) is 9.47 Å². The SMILES string of the molecule is CCOC(=O)c1ccc(Nc2nc3ccc(Oc4ccnc(C(=O)NC)c4)cc3[nH]2)cc1. The second-order valence-corrected chi connectivity index (χ2v) is 6.75. The van der Waals surface area contributed by atoms with Gasteiger partial charge in [-0.2, -0.15) is 0 Å². The van der Waals surface area contributed by atoms with Crippen molar-refractivity contribution in [2.45, 2.75) is 6.92 Å². The summed E-state index contributed by atoms with van der Waals surface area (Å²) in [6.45, 7) is 2.10. The zero-order valence-electron chi connectivity index (χ0n) is 17.5. The van der Waals surface area contributed by atoms with Gasteiger partial charge in [0.05, 0.1) is 23.2 Å². The van der Waals surface area contributed by atoms with E-state index >= 15 is 0 Å². The minimum absolute atomic E-state index is 0.271. The zero-order chi connectivity index (χ0) is 22.5. The van der Waals surface area contributed by atoms with Gasteiger partial charge in [-0.05, 0) is 49.4 Å². The van der Waals surface area contributed by atoms with E-state index in [1.54, 1.807) is 56.4 Å². The largest absolute Gasteiger partial charge is 0.462 e. The number of anilines is 2. The topological polar surface area (TPSA) is 118 Å². The molecule has 2 aromatic carbocycles. The highest BCUT2D eigenvalue weighted by Crippen LogP contribution is 2.26. The number of pyridine rings is 1. The number of fused-ring (bicyclic) bond motifs is 1. The number of carbonyl (C=O) groups is 2. The number of H-pyrrole nitrogens is 1. The third-order valence-electron chi connectivity index (χ3n) is 4.54. The van der Waals surface area contributed by atoms with Crippen LogP contribution in [0.5, 0.6) is 11.5 Å². The molecule has 0 spiro atoms. The lowest BCUT2D eigenvalue weighted by atomic mass is 10.2. The van der Waals surface area contributed by atoms with Crippen molar-refractivity contribution in [3.8, 4) is 11.5 Å². The van der Waals surface area contributed by atoms with E-state index in [0.717, 1.165) is 16.7 Å². The molecule has 2 heterocycles. The van der Waals surface area contributed by atoms with Crippen LogP contribution in [0.2, 0.25) is 0 Å². The van der Waals surface area contributed by atoms with Crippen LogP contribution < -0.4 is 15.4 Å². The van der Waals surface area contributed by atoms with Gasteiger partial charge in [-0.15, -0.1) is 0 Å². The summed E-state index contributed by atoms with van der Waals surface area (Å²) in [6.07, 6.45) is 1.52. The number of hydrogen-bond acceptors (Lipinski definition) is 7. The number of aromatic amines is 1. The Morgan fingerprint density at radius 2 is 1.81 bits per heavy atom. The Balaban J connectivity index is 1.48. The number of rotatable bonds is 7. The van der Waals surface area contributed by atoms with Gasteiger partial charge in [-0.1, -0.05) is 0 Å².